The summed E-state index contributed by atoms with van der Waals surface area (Å²) in [6, 6.07) is 12.2. The normalized spacial score (nSPS) is 10.2. The second-order valence-electron chi connectivity index (χ2n) is 6.14. The quantitative estimate of drug-likeness (QED) is 0.385. The molecule has 2 aromatic rings. The van der Waals surface area contributed by atoms with Gasteiger partial charge >= 0.3 is 0 Å². The van der Waals surface area contributed by atoms with Crippen LogP contribution in [0.3, 0.4) is 0 Å². The van der Waals surface area contributed by atoms with Crippen LogP contribution >= 0.6 is 28.1 Å². The highest BCUT2D eigenvalue weighted by Gasteiger charge is 2.16. The molecule has 0 atom stereocenters. The minimum atomic E-state index is -0.405. The van der Waals surface area contributed by atoms with Crippen LogP contribution in [0.25, 0.3) is 0 Å². The fourth-order valence-corrected chi connectivity index (χ4v) is 3.11. The van der Waals surface area contributed by atoms with E-state index in [1.165, 1.54) is 0 Å². The lowest BCUT2D eigenvalue weighted by Crippen LogP contribution is -2.35. The molecule has 0 unspecified atom stereocenters. The van der Waals surface area contributed by atoms with Crippen LogP contribution in [0.15, 0.2) is 46.9 Å². The van der Waals surface area contributed by atoms with Crippen molar-refractivity contribution in [2.24, 2.45) is 0 Å². The van der Waals surface area contributed by atoms with Gasteiger partial charge in [-0.25, -0.2) is 0 Å². The highest BCUT2D eigenvalue weighted by atomic mass is 79.9. The molecule has 3 N–H and O–H groups in total. The van der Waals surface area contributed by atoms with Crippen molar-refractivity contribution in [3.8, 4) is 5.75 Å². The van der Waals surface area contributed by atoms with Crippen LogP contribution in [-0.2, 0) is 0 Å². The number of thiocarbonyl (C=S) groups is 1. The first kappa shape index (κ1) is 22.8. The van der Waals surface area contributed by atoms with Gasteiger partial charge in [0.1, 0.15) is 5.75 Å². The Kier molecular flexibility index (Phi) is 9.08. The van der Waals surface area contributed by atoms with E-state index < -0.39 is 5.91 Å². The average Bonchev–Trinajstić information content (AvgIpc) is 2.69. The van der Waals surface area contributed by atoms with E-state index in [0.29, 0.717) is 35.7 Å². The maximum atomic E-state index is 12.7. The zero-order valence-electron chi connectivity index (χ0n) is 16.4. The largest absolute Gasteiger partial charge is 0.493 e. The summed E-state index contributed by atoms with van der Waals surface area (Å²) in [5.74, 6) is -0.134. The Labute approximate surface area is 184 Å². The summed E-state index contributed by atoms with van der Waals surface area (Å²) >= 11 is 8.64. The minimum Gasteiger partial charge on any atom is -0.493 e. The summed E-state index contributed by atoms with van der Waals surface area (Å²) in [5, 5.41) is 8.54. The van der Waals surface area contributed by atoms with Crippen molar-refractivity contribution in [2.45, 2.75) is 26.7 Å². The molecule has 2 rings (SSSR count). The molecule has 0 radical (unpaired) electrons. The number of hydrogen-bond acceptors (Lipinski definition) is 4. The fraction of sp³-hybridized carbons (Fsp3) is 0.286. The third-order valence-corrected chi connectivity index (χ3v) is 4.65. The van der Waals surface area contributed by atoms with Gasteiger partial charge in [-0.05, 0) is 55.9 Å². The van der Waals surface area contributed by atoms with Crippen LogP contribution in [-0.4, -0.2) is 30.1 Å². The Hall–Kier alpha value is -2.45. The number of para-hydroxylation sites is 1. The molecule has 0 saturated carbocycles. The van der Waals surface area contributed by atoms with Crippen molar-refractivity contribution in [3.63, 3.8) is 0 Å². The molecule has 0 fully saturated rings. The molecular weight excluding hydrogens is 454 g/mol. The lowest BCUT2D eigenvalue weighted by Gasteiger charge is -2.15. The molecule has 154 valence electrons. The topological polar surface area (TPSA) is 79.5 Å². The average molecular weight is 478 g/mol. The van der Waals surface area contributed by atoms with Crippen LogP contribution < -0.4 is 20.7 Å². The van der Waals surface area contributed by atoms with E-state index in [4.69, 9.17) is 17.0 Å². The first-order valence-corrected chi connectivity index (χ1v) is 10.6. The molecule has 0 bridgehead atoms. The Morgan fingerprint density at radius 1 is 1.07 bits per heavy atom. The second kappa shape index (κ2) is 11.5. The maximum absolute atomic E-state index is 12.7. The van der Waals surface area contributed by atoms with Gasteiger partial charge in [0.2, 0.25) is 0 Å². The lowest BCUT2D eigenvalue weighted by molar-refractivity contribution is 0.0951. The zero-order valence-corrected chi connectivity index (χ0v) is 18.8. The standard InChI is InChI=1S/C21H24BrN3O3S/c1-3-5-12-23-19(26)15-8-6-7-9-17(15)24-21(29)25-20(27)16-13-14(22)10-11-18(16)28-4-2/h6-11,13H,3-5,12H2,1-2H3,(H,23,26)(H2,24,25,27,29). The van der Waals surface area contributed by atoms with Gasteiger partial charge in [-0.15, -0.1) is 0 Å². The summed E-state index contributed by atoms with van der Waals surface area (Å²) in [6.45, 7) is 4.95. The second-order valence-corrected chi connectivity index (χ2v) is 7.46. The highest BCUT2D eigenvalue weighted by molar-refractivity contribution is 9.10. The number of rotatable bonds is 8. The number of benzene rings is 2. The number of anilines is 1. The number of unbranched alkanes of at least 4 members (excludes halogenated alkanes) is 1. The number of nitrogens with one attached hydrogen (secondary N) is 3. The van der Waals surface area contributed by atoms with E-state index in [2.05, 4.69) is 38.8 Å². The molecule has 0 aliphatic carbocycles. The molecule has 8 heteroatoms. The Balaban J connectivity index is 2.09. The number of amides is 2. The predicted molar refractivity (Wildman–Crippen MR) is 123 cm³/mol. The third-order valence-electron chi connectivity index (χ3n) is 3.95. The van der Waals surface area contributed by atoms with Crippen molar-refractivity contribution in [2.75, 3.05) is 18.5 Å². The monoisotopic (exact) mass is 477 g/mol. The van der Waals surface area contributed by atoms with Gasteiger partial charge in [-0.3, -0.25) is 14.9 Å². The van der Waals surface area contributed by atoms with E-state index in [1.54, 1.807) is 42.5 Å². The summed E-state index contributed by atoms with van der Waals surface area (Å²) in [4.78, 5) is 25.1. The molecule has 29 heavy (non-hydrogen) atoms. The van der Waals surface area contributed by atoms with Crippen molar-refractivity contribution in [1.82, 2.24) is 10.6 Å². The lowest BCUT2D eigenvalue weighted by atomic mass is 10.1. The predicted octanol–water partition coefficient (Wildman–Crippen LogP) is 4.50. The fourth-order valence-electron chi connectivity index (χ4n) is 2.55. The number of hydrogen-bond donors (Lipinski definition) is 3. The number of carbonyl (C=O) groups is 2. The summed E-state index contributed by atoms with van der Waals surface area (Å²) in [7, 11) is 0. The van der Waals surface area contributed by atoms with E-state index in [0.717, 1.165) is 17.3 Å². The number of halogens is 1. The van der Waals surface area contributed by atoms with E-state index in [1.807, 2.05) is 6.92 Å². The van der Waals surface area contributed by atoms with Gasteiger partial charge in [0, 0.05) is 11.0 Å². The van der Waals surface area contributed by atoms with Crippen LogP contribution in [0, 0.1) is 0 Å². The summed E-state index contributed by atoms with van der Waals surface area (Å²) < 4.78 is 6.26. The Morgan fingerprint density at radius 3 is 2.55 bits per heavy atom. The van der Waals surface area contributed by atoms with Crippen LogP contribution in [0.5, 0.6) is 5.75 Å². The first-order valence-electron chi connectivity index (χ1n) is 9.38. The molecule has 2 amide bonds. The van der Waals surface area contributed by atoms with Crippen molar-refractivity contribution >= 4 is 50.8 Å². The molecule has 0 aliphatic rings. The Morgan fingerprint density at radius 2 is 1.83 bits per heavy atom. The first-order chi connectivity index (χ1) is 14.0. The highest BCUT2D eigenvalue weighted by Crippen LogP contribution is 2.23. The van der Waals surface area contributed by atoms with Crippen molar-refractivity contribution < 1.29 is 14.3 Å². The van der Waals surface area contributed by atoms with Crippen molar-refractivity contribution in [3.05, 3.63) is 58.1 Å². The van der Waals surface area contributed by atoms with Gasteiger partial charge in [0.05, 0.1) is 23.4 Å². The minimum absolute atomic E-state index is 0.0891. The molecule has 0 saturated heterocycles. The van der Waals surface area contributed by atoms with Gasteiger partial charge < -0.3 is 15.4 Å². The zero-order chi connectivity index (χ0) is 21.2. The van der Waals surface area contributed by atoms with Gasteiger partial charge in [-0.2, -0.15) is 0 Å². The smallest absolute Gasteiger partial charge is 0.261 e. The SMILES string of the molecule is CCCCNC(=O)c1ccccc1NC(=S)NC(=O)c1cc(Br)ccc1OCC. The van der Waals surface area contributed by atoms with Crippen LogP contribution in [0.1, 0.15) is 47.4 Å². The third kappa shape index (κ3) is 6.83. The Bertz CT molecular complexity index is 889. The van der Waals surface area contributed by atoms with E-state index >= 15 is 0 Å². The van der Waals surface area contributed by atoms with Crippen molar-refractivity contribution in [1.29, 1.82) is 0 Å². The molecule has 0 spiro atoms. The molecule has 0 aromatic heterocycles. The summed E-state index contributed by atoms with van der Waals surface area (Å²) in [6.07, 6.45) is 1.90. The van der Waals surface area contributed by atoms with E-state index in [9.17, 15) is 9.59 Å². The van der Waals surface area contributed by atoms with Gasteiger partial charge in [0.25, 0.3) is 11.8 Å². The van der Waals surface area contributed by atoms with E-state index in [-0.39, 0.29) is 11.0 Å². The maximum Gasteiger partial charge on any atom is 0.261 e. The number of carbonyl (C=O) groups excluding carboxylic acids is 2. The van der Waals surface area contributed by atoms with Crippen LogP contribution in [0.2, 0.25) is 0 Å². The van der Waals surface area contributed by atoms with Gasteiger partial charge in [-0.1, -0.05) is 41.4 Å². The molecule has 2 aromatic carbocycles. The molecule has 0 heterocycles. The molecule has 6 nitrogen and oxygen atoms in total. The summed E-state index contributed by atoms with van der Waals surface area (Å²) in [5.41, 5.74) is 1.33. The van der Waals surface area contributed by atoms with Crippen LogP contribution in [0.4, 0.5) is 5.69 Å². The van der Waals surface area contributed by atoms with Gasteiger partial charge in [0.15, 0.2) is 5.11 Å². The molecule has 0 aliphatic heterocycles. The number of ether oxygens (including phenoxy) is 1. The molecular formula is C21H24BrN3O3S.